The normalized spacial score (nSPS) is 19.6. The molecule has 0 spiro atoms. The van der Waals surface area contributed by atoms with Gasteiger partial charge in [-0.05, 0) is 18.2 Å². The number of nitrogens with zero attached hydrogens (tertiary/aromatic N) is 1. The van der Waals surface area contributed by atoms with Gasteiger partial charge in [-0.2, -0.15) is 17.5 Å². The van der Waals surface area contributed by atoms with Gasteiger partial charge >= 0.3 is 6.18 Å². The van der Waals surface area contributed by atoms with Gasteiger partial charge in [-0.3, -0.25) is 0 Å². The summed E-state index contributed by atoms with van der Waals surface area (Å²) in [6.07, 6.45) is -4.86. The predicted octanol–water partition coefficient (Wildman–Crippen LogP) is 2.05. The van der Waals surface area contributed by atoms with Gasteiger partial charge in [0.2, 0.25) is 10.0 Å². The van der Waals surface area contributed by atoms with E-state index in [0.29, 0.717) is 22.5 Å². The SMILES string of the molecule is O=S(=O)(c1cc(O)cc(C(F)(F)F)c1)N1CC(F)(F)C1. The molecule has 1 aliphatic rings. The predicted molar refractivity (Wildman–Crippen MR) is 56.8 cm³/mol. The molecule has 2 rings (SSSR count). The maximum atomic E-state index is 12.6. The van der Waals surface area contributed by atoms with E-state index in [0.717, 1.165) is 0 Å². The lowest BCUT2D eigenvalue weighted by Gasteiger charge is -2.37. The highest BCUT2D eigenvalue weighted by atomic mass is 32.2. The molecule has 4 nitrogen and oxygen atoms in total. The van der Waals surface area contributed by atoms with E-state index < -0.39 is 51.4 Å². The van der Waals surface area contributed by atoms with Gasteiger partial charge in [0, 0.05) is 0 Å². The van der Waals surface area contributed by atoms with Crippen LogP contribution in [0.25, 0.3) is 0 Å². The Morgan fingerprint density at radius 3 is 2.15 bits per heavy atom. The summed E-state index contributed by atoms with van der Waals surface area (Å²) >= 11 is 0. The van der Waals surface area contributed by atoms with Crippen molar-refractivity contribution < 1.29 is 35.5 Å². The molecule has 1 N–H and O–H groups in total. The van der Waals surface area contributed by atoms with Crippen molar-refractivity contribution in [1.29, 1.82) is 0 Å². The molecule has 1 heterocycles. The summed E-state index contributed by atoms with van der Waals surface area (Å²) in [5.74, 6) is -4.10. The van der Waals surface area contributed by atoms with Gasteiger partial charge in [0.1, 0.15) is 5.75 Å². The van der Waals surface area contributed by atoms with Crippen LogP contribution < -0.4 is 0 Å². The molecule has 1 saturated heterocycles. The third-order valence-corrected chi connectivity index (χ3v) is 4.44. The molecule has 0 aromatic heterocycles. The van der Waals surface area contributed by atoms with E-state index in [1.165, 1.54) is 0 Å². The lowest BCUT2D eigenvalue weighted by molar-refractivity contribution is -0.137. The molecule has 0 radical (unpaired) electrons. The van der Waals surface area contributed by atoms with Crippen LogP contribution in [-0.4, -0.2) is 36.8 Å². The summed E-state index contributed by atoms with van der Waals surface area (Å²) in [7, 11) is -4.49. The Kier molecular flexibility index (Phi) is 3.21. The van der Waals surface area contributed by atoms with Crippen LogP contribution in [-0.2, 0) is 16.2 Å². The standard InChI is InChI=1S/C10H8F5NO3S/c11-9(12)4-16(5-9)20(18,19)8-2-6(10(13,14)15)1-7(17)3-8/h1-3,17H,4-5H2. The second-order valence-electron chi connectivity index (χ2n) is 4.34. The van der Waals surface area contributed by atoms with Crippen LogP contribution in [0.15, 0.2) is 23.1 Å². The number of benzene rings is 1. The Hall–Kier alpha value is -1.42. The molecule has 112 valence electrons. The summed E-state index contributed by atoms with van der Waals surface area (Å²) in [6.45, 7) is -2.18. The van der Waals surface area contributed by atoms with Gasteiger partial charge in [0.25, 0.3) is 5.92 Å². The summed E-state index contributed by atoms with van der Waals surface area (Å²) in [4.78, 5) is -0.875. The van der Waals surface area contributed by atoms with Crippen molar-refractivity contribution in [2.75, 3.05) is 13.1 Å². The van der Waals surface area contributed by atoms with Crippen LogP contribution in [0.4, 0.5) is 22.0 Å². The van der Waals surface area contributed by atoms with E-state index in [1.807, 2.05) is 0 Å². The largest absolute Gasteiger partial charge is 0.508 e. The molecular weight excluding hydrogens is 309 g/mol. The van der Waals surface area contributed by atoms with Crippen molar-refractivity contribution in [2.24, 2.45) is 0 Å². The van der Waals surface area contributed by atoms with E-state index in [1.54, 1.807) is 0 Å². The van der Waals surface area contributed by atoms with Gasteiger partial charge in [-0.15, -0.1) is 0 Å². The number of aromatic hydroxyl groups is 1. The molecule has 0 unspecified atom stereocenters. The number of hydrogen-bond acceptors (Lipinski definition) is 3. The first kappa shape index (κ1) is 15.0. The molecule has 1 aromatic carbocycles. The van der Waals surface area contributed by atoms with Gasteiger partial charge in [-0.25, -0.2) is 17.2 Å². The lowest BCUT2D eigenvalue weighted by Crippen LogP contribution is -2.58. The van der Waals surface area contributed by atoms with Crippen LogP contribution in [0, 0.1) is 0 Å². The van der Waals surface area contributed by atoms with Crippen molar-refractivity contribution in [1.82, 2.24) is 4.31 Å². The number of sulfonamides is 1. The van der Waals surface area contributed by atoms with E-state index in [2.05, 4.69) is 0 Å². The number of hydrogen-bond donors (Lipinski definition) is 1. The maximum Gasteiger partial charge on any atom is 0.416 e. The van der Waals surface area contributed by atoms with E-state index in [9.17, 15) is 30.4 Å². The molecule has 1 aromatic rings. The first-order chi connectivity index (χ1) is 8.92. The van der Waals surface area contributed by atoms with Gasteiger partial charge in [0.05, 0.1) is 23.5 Å². The third-order valence-electron chi connectivity index (χ3n) is 2.67. The van der Waals surface area contributed by atoms with Crippen LogP contribution in [0.2, 0.25) is 0 Å². The molecular formula is C10H8F5NO3S. The lowest BCUT2D eigenvalue weighted by atomic mass is 10.2. The second-order valence-corrected chi connectivity index (χ2v) is 6.28. The van der Waals surface area contributed by atoms with Crippen molar-refractivity contribution in [3.05, 3.63) is 23.8 Å². The number of phenols is 1. The molecule has 0 atom stereocenters. The van der Waals surface area contributed by atoms with Crippen LogP contribution in [0.3, 0.4) is 0 Å². The highest BCUT2D eigenvalue weighted by molar-refractivity contribution is 7.89. The molecule has 1 aliphatic heterocycles. The van der Waals surface area contributed by atoms with Crippen LogP contribution in [0.1, 0.15) is 5.56 Å². The number of phenolic OH excluding ortho intramolecular Hbond substituents is 1. The van der Waals surface area contributed by atoms with Crippen molar-refractivity contribution in [2.45, 2.75) is 17.0 Å². The molecule has 10 heteroatoms. The number of alkyl halides is 5. The minimum Gasteiger partial charge on any atom is -0.508 e. The summed E-state index contributed by atoms with van der Waals surface area (Å²) in [5.41, 5.74) is -1.37. The fraction of sp³-hybridized carbons (Fsp3) is 0.400. The molecule has 1 fully saturated rings. The zero-order chi connectivity index (χ0) is 15.3. The fourth-order valence-corrected chi connectivity index (χ4v) is 3.25. The average molecular weight is 317 g/mol. The fourth-order valence-electron chi connectivity index (χ4n) is 1.68. The highest BCUT2D eigenvalue weighted by Crippen LogP contribution is 2.36. The van der Waals surface area contributed by atoms with Crippen molar-refractivity contribution in [3.8, 4) is 5.75 Å². The summed E-state index contributed by atoms with van der Waals surface area (Å²) in [6, 6.07) is 1.23. The Balaban J connectivity index is 2.41. The van der Waals surface area contributed by atoms with Crippen LogP contribution >= 0.6 is 0 Å². The second kappa shape index (κ2) is 4.29. The number of rotatable bonds is 2. The van der Waals surface area contributed by atoms with Crippen molar-refractivity contribution >= 4 is 10.0 Å². The summed E-state index contributed by atoms with van der Waals surface area (Å²) in [5, 5.41) is 9.16. The first-order valence-electron chi connectivity index (χ1n) is 5.21. The Morgan fingerprint density at radius 1 is 1.15 bits per heavy atom. The van der Waals surface area contributed by atoms with Gasteiger partial charge in [0.15, 0.2) is 0 Å². The molecule has 0 bridgehead atoms. The number of halogens is 5. The molecule has 0 amide bonds. The minimum atomic E-state index is -4.86. The quantitative estimate of drug-likeness (QED) is 0.850. The Labute approximate surface area is 110 Å². The monoisotopic (exact) mass is 317 g/mol. The van der Waals surface area contributed by atoms with E-state index in [4.69, 9.17) is 5.11 Å². The maximum absolute atomic E-state index is 12.6. The third kappa shape index (κ3) is 2.70. The Morgan fingerprint density at radius 2 is 1.70 bits per heavy atom. The minimum absolute atomic E-state index is 0.297. The van der Waals surface area contributed by atoms with Gasteiger partial charge in [-0.1, -0.05) is 0 Å². The molecule has 20 heavy (non-hydrogen) atoms. The van der Waals surface area contributed by atoms with Crippen LogP contribution in [0.5, 0.6) is 5.75 Å². The zero-order valence-corrected chi connectivity index (χ0v) is 10.5. The van der Waals surface area contributed by atoms with E-state index in [-0.39, 0.29) is 0 Å². The molecule has 0 aliphatic carbocycles. The van der Waals surface area contributed by atoms with Gasteiger partial charge < -0.3 is 5.11 Å². The smallest absolute Gasteiger partial charge is 0.416 e. The topological polar surface area (TPSA) is 57.6 Å². The average Bonchev–Trinajstić information content (AvgIpc) is 2.23. The highest BCUT2D eigenvalue weighted by Gasteiger charge is 2.50. The first-order valence-corrected chi connectivity index (χ1v) is 6.65. The van der Waals surface area contributed by atoms with Crippen molar-refractivity contribution in [3.63, 3.8) is 0 Å². The molecule has 0 saturated carbocycles. The van der Waals surface area contributed by atoms with E-state index >= 15 is 0 Å². The zero-order valence-electron chi connectivity index (χ0n) is 9.66. The summed E-state index contributed by atoms with van der Waals surface area (Å²) < 4.78 is 86.9. The Bertz CT molecular complexity index is 633.